The lowest BCUT2D eigenvalue weighted by Crippen LogP contribution is -2.24. The predicted octanol–water partition coefficient (Wildman–Crippen LogP) is 0.799. The highest BCUT2D eigenvalue weighted by atomic mass is 16.3. The third kappa shape index (κ3) is 2.38. The number of para-hydroxylation sites is 2. The van der Waals surface area contributed by atoms with Crippen molar-refractivity contribution < 1.29 is 10.2 Å². The summed E-state index contributed by atoms with van der Waals surface area (Å²) >= 11 is 0. The summed E-state index contributed by atoms with van der Waals surface area (Å²) in [5, 5.41) is 18.6. The second kappa shape index (κ2) is 5.48. The number of nitrogens with two attached hydrogens (primary N) is 1. The molecule has 98 valence electrons. The molecule has 0 amide bonds. The maximum absolute atomic E-state index is 9.63. The highest BCUT2D eigenvalue weighted by Crippen LogP contribution is 2.21. The van der Waals surface area contributed by atoms with Gasteiger partial charge in [-0.2, -0.15) is 0 Å². The molecule has 0 aliphatic heterocycles. The molecule has 0 fully saturated rings. The standard InChI is InChI=1S/C13H19N3O2/c1-2-10(14)13-15-11-5-3-4-6-12(11)16(13)7-9(18)8-17/h3-6,9-10,17-18H,2,7-8,14H2,1H3. The molecule has 18 heavy (non-hydrogen) atoms. The van der Waals surface area contributed by atoms with Crippen LogP contribution in [-0.4, -0.2) is 32.5 Å². The maximum atomic E-state index is 9.63. The van der Waals surface area contributed by atoms with Crippen LogP contribution in [0.1, 0.15) is 25.2 Å². The molecule has 0 aliphatic carbocycles. The van der Waals surface area contributed by atoms with Crippen LogP contribution in [0.15, 0.2) is 24.3 Å². The first-order chi connectivity index (χ1) is 8.67. The lowest BCUT2D eigenvalue weighted by atomic mass is 10.2. The van der Waals surface area contributed by atoms with Crippen LogP contribution in [0.5, 0.6) is 0 Å². The zero-order chi connectivity index (χ0) is 13.1. The second-order valence-corrected chi connectivity index (χ2v) is 4.42. The molecule has 5 heteroatoms. The van der Waals surface area contributed by atoms with Crippen LogP contribution in [0.4, 0.5) is 0 Å². The first kappa shape index (κ1) is 13.0. The number of aliphatic hydroxyl groups is 2. The summed E-state index contributed by atoms with van der Waals surface area (Å²) in [6, 6.07) is 7.54. The Morgan fingerprint density at radius 3 is 2.78 bits per heavy atom. The average Bonchev–Trinajstić information content (AvgIpc) is 2.77. The molecule has 0 aliphatic rings. The molecule has 0 bridgehead atoms. The Kier molecular flexibility index (Phi) is 3.96. The first-order valence-electron chi connectivity index (χ1n) is 6.17. The molecule has 4 N–H and O–H groups in total. The van der Waals surface area contributed by atoms with E-state index in [0.29, 0.717) is 6.54 Å². The maximum Gasteiger partial charge on any atom is 0.126 e. The highest BCUT2D eigenvalue weighted by molar-refractivity contribution is 5.76. The van der Waals surface area contributed by atoms with Gasteiger partial charge in [0.25, 0.3) is 0 Å². The summed E-state index contributed by atoms with van der Waals surface area (Å²) in [6.45, 7) is 2.03. The van der Waals surface area contributed by atoms with Gasteiger partial charge in [-0.3, -0.25) is 0 Å². The van der Waals surface area contributed by atoms with Crippen molar-refractivity contribution >= 4 is 11.0 Å². The van der Waals surface area contributed by atoms with E-state index in [0.717, 1.165) is 23.3 Å². The normalized spacial score (nSPS) is 14.9. The van der Waals surface area contributed by atoms with E-state index in [1.165, 1.54) is 0 Å². The molecule has 0 radical (unpaired) electrons. The number of aliphatic hydroxyl groups excluding tert-OH is 2. The van der Waals surface area contributed by atoms with Crippen LogP contribution in [0.2, 0.25) is 0 Å². The summed E-state index contributed by atoms with van der Waals surface area (Å²) in [6.07, 6.45) is -0.0242. The second-order valence-electron chi connectivity index (χ2n) is 4.42. The molecule has 1 heterocycles. The zero-order valence-electron chi connectivity index (χ0n) is 10.5. The van der Waals surface area contributed by atoms with Crippen molar-refractivity contribution in [2.24, 2.45) is 5.73 Å². The van der Waals surface area contributed by atoms with Crippen LogP contribution < -0.4 is 5.73 Å². The molecule has 5 nitrogen and oxygen atoms in total. The van der Waals surface area contributed by atoms with Gasteiger partial charge in [0, 0.05) is 0 Å². The summed E-state index contributed by atoms with van der Waals surface area (Å²) < 4.78 is 1.89. The van der Waals surface area contributed by atoms with Crippen molar-refractivity contribution in [2.75, 3.05) is 6.61 Å². The molecular weight excluding hydrogens is 230 g/mol. The van der Waals surface area contributed by atoms with Crippen LogP contribution in [-0.2, 0) is 6.54 Å². The fraction of sp³-hybridized carbons (Fsp3) is 0.462. The van der Waals surface area contributed by atoms with Gasteiger partial charge < -0.3 is 20.5 Å². The Hall–Kier alpha value is -1.43. The number of rotatable bonds is 5. The van der Waals surface area contributed by atoms with Crippen LogP contribution in [0.25, 0.3) is 11.0 Å². The van der Waals surface area contributed by atoms with Crippen molar-refractivity contribution in [1.82, 2.24) is 9.55 Å². The molecule has 2 atom stereocenters. The highest BCUT2D eigenvalue weighted by Gasteiger charge is 2.17. The van der Waals surface area contributed by atoms with Gasteiger partial charge in [0.15, 0.2) is 0 Å². The molecule has 0 saturated heterocycles. The van der Waals surface area contributed by atoms with Gasteiger partial charge in [-0.15, -0.1) is 0 Å². The number of nitrogens with zero attached hydrogens (tertiary/aromatic N) is 2. The predicted molar refractivity (Wildman–Crippen MR) is 70.0 cm³/mol. The van der Waals surface area contributed by atoms with E-state index in [-0.39, 0.29) is 12.6 Å². The van der Waals surface area contributed by atoms with Gasteiger partial charge in [-0.05, 0) is 18.6 Å². The van der Waals surface area contributed by atoms with Gasteiger partial charge >= 0.3 is 0 Å². The van der Waals surface area contributed by atoms with Gasteiger partial charge in [0.05, 0.1) is 36.3 Å². The Morgan fingerprint density at radius 2 is 2.11 bits per heavy atom. The van der Waals surface area contributed by atoms with Crippen molar-refractivity contribution in [3.05, 3.63) is 30.1 Å². The van der Waals surface area contributed by atoms with E-state index >= 15 is 0 Å². The van der Waals surface area contributed by atoms with Crippen molar-refractivity contribution in [3.8, 4) is 0 Å². The number of aromatic nitrogens is 2. The third-order valence-electron chi connectivity index (χ3n) is 3.06. The van der Waals surface area contributed by atoms with E-state index in [1.807, 2.05) is 35.8 Å². The zero-order valence-corrected chi connectivity index (χ0v) is 10.5. The molecule has 2 unspecified atom stereocenters. The summed E-state index contributed by atoms with van der Waals surface area (Å²) in [5.74, 6) is 0.756. The Balaban J connectivity index is 2.50. The van der Waals surface area contributed by atoms with E-state index in [4.69, 9.17) is 10.8 Å². The Morgan fingerprint density at radius 1 is 1.39 bits per heavy atom. The minimum Gasteiger partial charge on any atom is -0.394 e. The molecule has 2 rings (SSSR count). The number of benzene rings is 1. The van der Waals surface area contributed by atoms with Gasteiger partial charge in [-0.25, -0.2) is 4.98 Å². The quantitative estimate of drug-likeness (QED) is 0.731. The molecule has 0 spiro atoms. The molecule has 2 aromatic rings. The Bertz CT molecular complexity index is 524. The molecule has 1 aromatic carbocycles. The minimum atomic E-state index is -0.801. The summed E-state index contributed by atoms with van der Waals surface area (Å²) in [4.78, 5) is 4.52. The van der Waals surface area contributed by atoms with Crippen LogP contribution in [0.3, 0.4) is 0 Å². The third-order valence-corrected chi connectivity index (χ3v) is 3.06. The lowest BCUT2D eigenvalue weighted by molar-refractivity contribution is 0.0811. The van der Waals surface area contributed by atoms with Crippen LogP contribution >= 0.6 is 0 Å². The molecule has 1 aromatic heterocycles. The van der Waals surface area contributed by atoms with E-state index in [9.17, 15) is 5.11 Å². The minimum absolute atomic E-state index is 0.164. The fourth-order valence-electron chi connectivity index (χ4n) is 2.02. The SMILES string of the molecule is CCC(N)c1nc2ccccc2n1CC(O)CO. The van der Waals surface area contributed by atoms with E-state index in [1.54, 1.807) is 0 Å². The molecule has 0 saturated carbocycles. The number of hydrogen-bond acceptors (Lipinski definition) is 4. The first-order valence-corrected chi connectivity index (χ1v) is 6.17. The van der Waals surface area contributed by atoms with Gasteiger partial charge in [0.1, 0.15) is 5.82 Å². The monoisotopic (exact) mass is 249 g/mol. The summed E-state index contributed by atoms with van der Waals surface area (Å²) in [5.41, 5.74) is 7.85. The van der Waals surface area contributed by atoms with Crippen LogP contribution in [0, 0.1) is 0 Å². The topological polar surface area (TPSA) is 84.3 Å². The van der Waals surface area contributed by atoms with E-state index in [2.05, 4.69) is 4.98 Å². The molecular formula is C13H19N3O2. The van der Waals surface area contributed by atoms with E-state index < -0.39 is 6.10 Å². The number of fused-ring (bicyclic) bond motifs is 1. The average molecular weight is 249 g/mol. The Labute approximate surface area is 106 Å². The van der Waals surface area contributed by atoms with Gasteiger partial charge in [-0.1, -0.05) is 19.1 Å². The smallest absolute Gasteiger partial charge is 0.126 e. The van der Waals surface area contributed by atoms with Gasteiger partial charge in [0.2, 0.25) is 0 Å². The number of hydrogen-bond donors (Lipinski definition) is 3. The largest absolute Gasteiger partial charge is 0.394 e. The van der Waals surface area contributed by atoms with Crippen molar-refractivity contribution in [1.29, 1.82) is 0 Å². The fourth-order valence-corrected chi connectivity index (χ4v) is 2.02. The lowest BCUT2D eigenvalue weighted by Gasteiger charge is -2.15. The van der Waals surface area contributed by atoms with Crippen molar-refractivity contribution in [3.63, 3.8) is 0 Å². The number of imidazole rings is 1. The summed E-state index contributed by atoms with van der Waals surface area (Å²) in [7, 11) is 0. The van der Waals surface area contributed by atoms with Crippen molar-refractivity contribution in [2.45, 2.75) is 32.0 Å².